The summed E-state index contributed by atoms with van der Waals surface area (Å²) in [4.78, 5) is 0. The van der Waals surface area contributed by atoms with Crippen LogP contribution in [-0.4, -0.2) is 11.5 Å². The van der Waals surface area contributed by atoms with Gasteiger partial charge in [0.15, 0.2) is 5.84 Å². The second-order valence-corrected chi connectivity index (χ2v) is 4.45. The van der Waals surface area contributed by atoms with Crippen molar-refractivity contribution in [2.24, 2.45) is 10.8 Å². The zero-order valence-corrected chi connectivity index (χ0v) is 11.4. The number of nitrogens with zero attached hydrogens (tertiary/aromatic N) is 2. The molecule has 1 rings (SSSR count). The van der Waals surface area contributed by atoms with Crippen molar-refractivity contribution in [3.05, 3.63) is 27.3 Å². The molecule has 1 aromatic rings. The van der Waals surface area contributed by atoms with Crippen LogP contribution in [0.4, 0.5) is 18.9 Å². The Bertz CT molecular complexity index is 574. The largest absolute Gasteiger partial charge is 0.417 e. The third kappa shape index (κ3) is 4.09. The molecule has 19 heavy (non-hydrogen) atoms. The van der Waals surface area contributed by atoms with Crippen LogP contribution in [0.15, 0.2) is 23.3 Å². The summed E-state index contributed by atoms with van der Waals surface area (Å²) in [6.45, 7) is 0. The number of benzene rings is 1. The summed E-state index contributed by atoms with van der Waals surface area (Å²) in [6.07, 6.45) is -4.42. The van der Waals surface area contributed by atoms with Gasteiger partial charge >= 0.3 is 6.18 Å². The van der Waals surface area contributed by atoms with Crippen LogP contribution >= 0.6 is 22.6 Å². The Morgan fingerprint density at radius 1 is 1.47 bits per heavy atom. The summed E-state index contributed by atoms with van der Waals surface area (Å²) in [6, 6.07) is 4.87. The highest BCUT2D eigenvalue weighted by Gasteiger charge is 2.32. The average molecular weight is 381 g/mol. The highest BCUT2D eigenvalue weighted by atomic mass is 127. The topological polar surface area (TPSA) is 98.0 Å². The number of halogens is 4. The van der Waals surface area contributed by atoms with E-state index in [1.54, 1.807) is 28.7 Å². The molecule has 0 spiro atoms. The van der Waals surface area contributed by atoms with Gasteiger partial charge in [-0.1, -0.05) is 0 Å². The lowest BCUT2D eigenvalue weighted by molar-refractivity contribution is -0.138. The number of alkyl halides is 3. The van der Waals surface area contributed by atoms with Crippen molar-refractivity contribution in [3.8, 4) is 6.07 Å². The molecule has 5 nitrogen and oxygen atoms in total. The molecule has 0 saturated carbocycles. The maximum Gasteiger partial charge on any atom is 0.417 e. The van der Waals surface area contributed by atoms with E-state index in [1.807, 2.05) is 0 Å². The zero-order chi connectivity index (χ0) is 14.6. The Hall–Kier alpha value is -1.83. The van der Waals surface area contributed by atoms with Gasteiger partial charge in [0, 0.05) is 3.57 Å². The van der Waals surface area contributed by atoms with Crippen molar-refractivity contribution in [2.75, 3.05) is 5.43 Å². The molecular weight excluding hydrogens is 374 g/mol. The Morgan fingerprint density at radius 3 is 2.53 bits per heavy atom. The lowest BCUT2D eigenvalue weighted by atomic mass is 10.2. The van der Waals surface area contributed by atoms with Crippen molar-refractivity contribution in [3.63, 3.8) is 0 Å². The molecular formula is C10H7F3IN5. The number of amidine groups is 1. The van der Waals surface area contributed by atoms with Crippen LogP contribution in [-0.2, 0) is 6.18 Å². The van der Waals surface area contributed by atoms with E-state index in [9.17, 15) is 13.2 Å². The van der Waals surface area contributed by atoms with Crippen molar-refractivity contribution in [1.29, 1.82) is 10.7 Å². The molecule has 100 valence electrons. The van der Waals surface area contributed by atoms with Gasteiger partial charge in [-0.05, 0) is 40.8 Å². The zero-order valence-electron chi connectivity index (χ0n) is 9.22. The summed E-state index contributed by atoms with van der Waals surface area (Å²) < 4.78 is 37.5. The summed E-state index contributed by atoms with van der Waals surface area (Å²) in [5, 5.41) is 19.1. The number of rotatable bonds is 3. The van der Waals surface area contributed by atoms with Gasteiger partial charge in [0.1, 0.15) is 6.07 Å². The molecule has 0 bridgehead atoms. The van der Waals surface area contributed by atoms with Crippen LogP contribution in [0.2, 0.25) is 0 Å². The third-order valence-electron chi connectivity index (χ3n) is 1.93. The van der Waals surface area contributed by atoms with Crippen LogP contribution in [0.3, 0.4) is 0 Å². The first-order valence-corrected chi connectivity index (χ1v) is 5.78. The number of hydrogen-bond acceptors (Lipinski definition) is 4. The van der Waals surface area contributed by atoms with E-state index < -0.39 is 17.6 Å². The summed E-state index contributed by atoms with van der Waals surface area (Å²) >= 11 is 1.55. The molecule has 0 amide bonds. The van der Waals surface area contributed by atoms with Crippen LogP contribution < -0.4 is 11.2 Å². The fraction of sp³-hybridized carbons (Fsp3) is 0.100. The number of hydrazone groups is 1. The van der Waals surface area contributed by atoms with Crippen molar-refractivity contribution >= 4 is 39.8 Å². The lowest BCUT2D eigenvalue weighted by Gasteiger charge is -2.10. The first-order valence-electron chi connectivity index (χ1n) is 4.70. The average Bonchev–Trinajstić information content (AvgIpc) is 2.27. The molecule has 9 heteroatoms. The number of anilines is 1. The van der Waals surface area contributed by atoms with Gasteiger partial charge in [-0.2, -0.15) is 23.5 Å². The first kappa shape index (κ1) is 15.2. The molecule has 0 aliphatic rings. The number of hydrogen-bond donors (Lipinski definition) is 3. The van der Waals surface area contributed by atoms with E-state index in [4.69, 9.17) is 16.4 Å². The van der Waals surface area contributed by atoms with E-state index in [0.29, 0.717) is 0 Å². The molecule has 1 aromatic carbocycles. The van der Waals surface area contributed by atoms with Crippen LogP contribution in [0.5, 0.6) is 0 Å². The van der Waals surface area contributed by atoms with Gasteiger partial charge in [0.2, 0.25) is 5.71 Å². The van der Waals surface area contributed by atoms with Crippen LogP contribution in [0.1, 0.15) is 5.56 Å². The molecule has 0 aliphatic heterocycles. The fourth-order valence-electron chi connectivity index (χ4n) is 1.08. The Labute approximate surface area is 119 Å². The van der Waals surface area contributed by atoms with Crippen molar-refractivity contribution in [1.82, 2.24) is 0 Å². The lowest BCUT2D eigenvalue weighted by Crippen LogP contribution is -2.21. The molecule has 0 saturated heterocycles. The normalized spacial score (nSPS) is 11.8. The monoisotopic (exact) mass is 381 g/mol. The standard InChI is InChI=1S/C10H7F3IN5/c11-10(12,13)6-2-1-5(3-7(6)14)18-19-8(4-15)9(16)17/h1-3,18H,(H3,16,17)/b19-8+. The number of nitrogens with one attached hydrogen (secondary N) is 2. The molecule has 0 atom stereocenters. The minimum atomic E-state index is -4.42. The minimum absolute atomic E-state index is 0.00775. The van der Waals surface area contributed by atoms with E-state index >= 15 is 0 Å². The predicted octanol–water partition coefficient (Wildman–Crippen LogP) is 2.54. The number of nitriles is 1. The molecule has 0 aromatic heterocycles. The van der Waals surface area contributed by atoms with Crippen molar-refractivity contribution in [2.45, 2.75) is 6.18 Å². The second-order valence-electron chi connectivity index (χ2n) is 3.29. The molecule has 0 aliphatic carbocycles. The summed E-state index contributed by atoms with van der Waals surface area (Å²) in [7, 11) is 0. The molecule has 0 heterocycles. The van der Waals surface area contributed by atoms with Gasteiger partial charge < -0.3 is 5.73 Å². The van der Waals surface area contributed by atoms with Gasteiger partial charge in [0.25, 0.3) is 0 Å². The van der Waals surface area contributed by atoms with Gasteiger partial charge in [-0.25, -0.2) is 0 Å². The van der Waals surface area contributed by atoms with E-state index in [-0.39, 0.29) is 15.0 Å². The highest BCUT2D eigenvalue weighted by Crippen LogP contribution is 2.33. The molecule has 4 N–H and O–H groups in total. The third-order valence-corrected chi connectivity index (χ3v) is 2.82. The molecule has 0 radical (unpaired) electrons. The van der Waals surface area contributed by atoms with Crippen molar-refractivity contribution < 1.29 is 13.2 Å². The minimum Gasteiger partial charge on any atom is -0.382 e. The smallest absolute Gasteiger partial charge is 0.382 e. The SMILES string of the molecule is N#C/C(=N\Nc1ccc(C(F)(F)F)c(I)c1)C(=N)N. The van der Waals surface area contributed by atoms with Crippen LogP contribution in [0, 0.1) is 20.3 Å². The van der Waals surface area contributed by atoms with Gasteiger partial charge in [0.05, 0.1) is 11.3 Å². The van der Waals surface area contributed by atoms with E-state index in [2.05, 4.69) is 10.5 Å². The van der Waals surface area contributed by atoms with Gasteiger partial charge in [-0.15, -0.1) is 0 Å². The number of nitrogens with two attached hydrogens (primary N) is 1. The second kappa shape index (κ2) is 5.87. The first-order chi connectivity index (χ1) is 8.75. The molecule has 0 unspecified atom stereocenters. The highest BCUT2D eigenvalue weighted by molar-refractivity contribution is 14.1. The summed E-state index contributed by atoms with van der Waals surface area (Å²) in [5.74, 6) is -0.531. The quantitative estimate of drug-likeness (QED) is 0.325. The van der Waals surface area contributed by atoms with Gasteiger partial charge in [-0.3, -0.25) is 10.8 Å². The predicted molar refractivity (Wildman–Crippen MR) is 72.7 cm³/mol. The maximum absolute atomic E-state index is 12.5. The Balaban J connectivity index is 2.98. The molecule has 0 fully saturated rings. The van der Waals surface area contributed by atoms with E-state index in [1.165, 1.54) is 12.1 Å². The van der Waals surface area contributed by atoms with E-state index in [0.717, 1.165) is 6.07 Å². The maximum atomic E-state index is 12.5. The van der Waals surface area contributed by atoms with Crippen LogP contribution in [0.25, 0.3) is 0 Å². The fourth-order valence-corrected chi connectivity index (χ4v) is 1.90. The Morgan fingerprint density at radius 2 is 2.11 bits per heavy atom. The summed E-state index contributed by atoms with van der Waals surface area (Å²) in [5.41, 5.74) is 6.58. The Kier molecular flexibility index (Phi) is 4.71.